The molecule has 226 valence electrons. The normalized spacial score (nSPS) is 11.3. The number of fused-ring (bicyclic) bond motifs is 3. The van der Waals surface area contributed by atoms with Gasteiger partial charge in [-0.05, 0) is 119 Å². The van der Waals surface area contributed by atoms with Crippen LogP contribution in [0.1, 0.15) is 16.7 Å². The smallest absolute Gasteiger partial charge is 0.0464 e. The van der Waals surface area contributed by atoms with Gasteiger partial charge in [-0.1, -0.05) is 109 Å². The predicted molar refractivity (Wildman–Crippen MR) is 205 cm³/mol. The van der Waals surface area contributed by atoms with Crippen molar-refractivity contribution >= 4 is 48.6 Å². The summed E-state index contributed by atoms with van der Waals surface area (Å²) in [5.41, 5.74) is 14.8. The van der Waals surface area contributed by atoms with Crippen LogP contribution in [0.25, 0.3) is 53.6 Å². The van der Waals surface area contributed by atoms with Crippen molar-refractivity contribution in [2.45, 2.75) is 20.8 Å². The number of rotatable bonds is 6. The highest BCUT2D eigenvalue weighted by atomic mass is 32.1. The van der Waals surface area contributed by atoms with E-state index >= 15 is 0 Å². The molecule has 0 spiro atoms. The van der Waals surface area contributed by atoms with Crippen molar-refractivity contribution in [1.29, 1.82) is 0 Å². The molecule has 1 aromatic heterocycles. The van der Waals surface area contributed by atoms with Crippen molar-refractivity contribution < 1.29 is 0 Å². The van der Waals surface area contributed by atoms with Crippen LogP contribution in [-0.2, 0) is 0 Å². The van der Waals surface area contributed by atoms with Crippen LogP contribution in [-0.4, -0.2) is 0 Å². The molecule has 1 heterocycles. The van der Waals surface area contributed by atoms with Gasteiger partial charge < -0.3 is 4.90 Å². The minimum absolute atomic E-state index is 1.13. The predicted octanol–water partition coefficient (Wildman–Crippen LogP) is 13.5. The Hall–Kier alpha value is -5.44. The summed E-state index contributed by atoms with van der Waals surface area (Å²) in [5.74, 6) is 0. The quantitative estimate of drug-likeness (QED) is 0.179. The first-order chi connectivity index (χ1) is 23.0. The third-order valence-electron chi connectivity index (χ3n) is 9.23. The fraction of sp³-hybridized carbons (Fsp3) is 0.0667. The number of anilines is 3. The molecule has 0 saturated heterocycles. The van der Waals surface area contributed by atoms with Gasteiger partial charge in [0, 0.05) is 37.2 Å². The average molecular weight is 622 g/mol. The molecule has 0 N–H and O–H groups in total. The molecular formula is C45H35NS. The van der Waals surface area contributed by atoms with Crippen LogP contribution >= 0.6 is 11.3 Å². The largest absolute Gasteiger partial charge is 0.310 e. The monoisotopic (exact) mass is 621 g/mol. The van der Waals surface area contributed by atoms with E-state index in [-0.39, 0.29) is 0 Å². The Morgan fingerprint density at radius 1 is 0.404 bits per heavy atom. The molecule has 0 bridgehead atoms. The van der Waals surface area contributed by atoms with E-state index in [1.54, 1.807) is 0 Å². The second kappa shape index (κ2) is 12.1. The number of hydrogen-bond donors (Lipinski definition) is 0. The average Bonchev–Trinajstić information content (AvgIpc) is 3.49. The van der Waals surface area contributed by atoms with E-state index in [2.05, 4.69) is 183 Å². The number of nitrogens with zero attached hydrogens (tertiary/aromatic N) is 1. The standard InChI is InChI=1S/C45H35NS/c1-30-10-8-12-38(28-30)46(36-24-20-33(21-25-36)35-19-18-32(3)43(29-35)39-13-5-4-11-31(39)2)37-26-22-34(23-27-37)40-15-9-16-42-41-14-6-7-17-44(41)47-45(40)42/h4-29H,1-3H3. The Kier molecular flexibility index (Phi) is 7.44. The fourth-order valence-electron chi connectivity index (χ4n) is 6.75. The molecule has 0 amide bonds. The topological polar surface area (TPSA) is 3.24 Å². The van der Waals surface area contributed by atoms with E-state index < -0.39 is 0 Å². The van der Waals surface area contributed by atoms with Crippen LogP contribution in [0.3, 0.4) is 0 Å². The molecule has 47 heavy (non-hydrogen) atoms. The van der Waals surface area contributed by atoms with Crippen molar-refractivity contribution in [3.8, 4) is 33.4 Å². The van der Waals surface area contributed by atoms with Crippen LogP contribution in [0.5, 0.6) is 0 Å². The van der Waals surface area contributed by atoms with Gasteiger partial charge >= 0.3 is 0 Å². The Morgan fingerprint density at radius 3 is 1.79 bits per heavy atom. The highest BCUT2D eigenvalue weighted by molar-refractivity contribution is 7.26. The summed E-state index contributed by atoms with van der Waals surface area (Å²) < 4.78 is 2.67. The molecule has 0 unspecified atom stereocenters. The summed E-state index contributed by atoms with van der Waals surface area (Å²) in [4.78, 5) is 2.36. The van der Waals surface area contributed by atoms with E-state index in [1.165, 1.54) is 70.2 Å². The molecule has 8 aromatic rings. The third-order valence-corrected chi connectivity index (χ3v) is 10.5. The molecule has 0 aliphatic rings. The molecule has 0 aliphatic carbocycles. The lowest BCUT2D eigenvalue weighted by atomic mass is 9.93. The molecule has 0 fully saturated rings. The van der Waals surface area contributed by atoms with Gasteiger partial charge in [-0.25, -0.2) is 0 Å². The van der Waals surface area contributed by atoms with Crippen molar-refractivity contribution in [1.82, 2.24) is 0 Å². The summed E-state index contributed by atoms with van der Waals surface area (Å²) in [7, 11) is 0. The SMILES string of the molecule is Cc1cccc(N(c2ccc(-c3ccc(C)c(-c4ccccc4C)c3)cc2)c2ccc(-c3cccc4c3sc3ccccc34)cc2)c1. The Bertz CT molecular complexity index is 2380. The number of thiophene rings is 1. The molecule has 0 saturated carbocycles. The lowest BCUT2D eigenvalue weighted by Crippen LogP contribution is -2.10. The minimum Gasteiger partial charge on any atom is -0.310 e. The highest BCUT2D eigenvalue weighted by Gasteiger charge is 2.15. The van der Waals surface area contributed by atoms with E-state index in [9.17, 15) is 0 Å². The highest BCUT2D eigenvalue weighted by Crippen LogP contribution is 2.42. The lowest BCUT2D eigenvalue weighted by molar-refractivity contribution is 1.27. The van der Waals surface area contributed by atoms with E-state index in [4.69, 9.17) is 0 Å². The maximum atomic E-state index is 2.36. The van der Waals surface area contributed by atoms with E-state index in [0.29, 0.717) is 0 Å². The zero-order valence-corrected chi connectivity index (χ0v) is 27.7. The summed E-state index contributed by atoms with van der Waals surface area (Å²) in [6.07, 6.45) is 0. The van der Waals surface area contributed by atoms with Crippen LogP contribution in [0.15, 0.2) is 158 Å². The van der Waals surface area contributed by atoms with Gasteiger partial charge in [0.2, 0.25) is 0 Å². The van der Waals surface area contributed by atoms with Crippen LogP contribution in [0, 0.1) is 20.8 Å². The lowest BCUT2D eigenvalue weighted by Gasteiger charge is -2.26. The Balaban J connectivity index is 1.17. The van der Waals surface area contributed by atoms with Crippen molar-refractivity contribution in [3.63, 3.8) is 0 Å². The maximum absolute atomic E-state index is 2.36. The molecule has 0 aliphatic heterocycles. The van der Waals surface area contributed by atoms with Gasteiger partial charge in [-0.2, -0.15) is 0 Å². The molecule has 2 heteroatoms. The number of benzene rings is 7. The summed E-state index contributed by atoms with van der Waals surface area (Å²) in [5, 5.41) is 2.66. The van der Waals surface area contributed by atoms with Gasteiger partial charge in [-0.15, -0.1) is 11.3 Å². The van der Waals surface area contributed by atoms with Crippen LogP contribution < -0.4 is 4.90 Å². The molecule has 7 aromatic carbocycles. The number of aryl methyl sites for hydroxylation is 3. The summed E-state index contributed by atoms with van der Waals surface area (Å²) >= 11 is 1.88. The minimum atomic E-state index is 1.13. The van der Waals surface area contributed by atoms with Crippen molar-refractivity contribution in [3.05, 3.63) is 174 Å². The first kappa shape index (κ1) is 29.0. The fourth-order valence-corrected chi connectivity index (χ4v) is 7.99. The first-order valence-electron chi connectivity index (χ1n) is 16.2. The van der Waals surface area contributed by atoms with E-state index in [1.807, 2.05) is 11.3 Å². The van der Waals surface area contributed by atoms with Gasteiger partial charge in [0.1, 0.15) is 0 Å². The summed E-state index contributed by atoms with van der Waals surface area (Å²) in [6, 6.07) is 57.6. The molecular weight excluding hydrogens is 587 g/mol. The third kappa shape index (κ3) is 5.41. The Labute approximate surface area is 281 Å². The van der Waals surface area contributed by atoms with Gasteiger partial charge in [0.25, 0.3) is 0 Å². The van der Waals surface area contributed by atoms with Crippen LogP contribution in [0.4, 0.5) is 17.1 Å². The first-order valence-corrected chi connectivity index (χ1v) is 17.0. The van der Waals surface area contributed by atoms with Gasteiger partial charge in [0.05, 0.1) is 0 Å². The molecule has 0 radical (unpaired) electrons. The number of hydrogen-bond acceptors (Lipinski definition) is 2. The van der Waals surface area contributed by atoms with Crippen LogP contribution in [0.2, 0.25) is 0 Å². The maximum Gasteiger partial charge on any atom is 0.0464 e. The Morgan fingerprint density at radius 2 is 1.02 bits per heavy atom. The zero-order chi connectivity index (χ0) is 31.9. The molecule has 1 nitrogen and oxygen atoms in total. The van der Waals surface area contributed by atoms with Crippen molar-refractivity contribution in [2.24, 2.45) is 0 Å². The second-order valence-corrected chi connectivity index (χ2v) is 13.4. The molecule has 8 rings (SSSR count). The second-order valence-electron chi connectivity index (χ2n) is 12.4. The zero-order valence-electron chi connectivity index (χ0n) is 26.9. The van der Waals surface area contributed by atoms with Gasteiger partial charge in [-0.3, -0.25) is 0 Å². The van der Waals surface area contributed by atoms with E-state index in [0.717, 1.165) is 17.1 Å². The molecule has 0 atom stereocenters. The van der Waals surface area contributed by atoms with Crippen molar-refractivity contribution in [2.75, 3.05) is 4.90 Å². The summed E-state index contributed by atoms with van der Waals surface area (Å²) in [6.45, 7) is 6.54. The van der Waals surface area contributed by atoms with Gasteiger partial charge in [0.15, 0.2) is 0 Å².